The number of aryl methyl sites for hydroxylation is 1. The second kappa shape index (κ2) is 5.58. The number of aliphatic hydroxyl groups excluding tert-OH is 1. The molecule has 0 radical (unpaired) electrons. The smallest absolute Gasteiger partial charge is 0.119 e. The summed E-state index contributed by atoms with van der Waals surface area (Å²) in [5.74, 6) is 0.837. The third-order valence-corrected chi connectivity index (χ3v) is 3.63. The highest BCUT2D eigenvalue weighted by Crippen LogP contribution is 2.25. The van der Waals surface area contributed by atoms with Crippen LogP contribution in [0.5, 0.6) is 5.75 Å². The molecule has 1 N–H and O–H groups in total. The minimum Gasteiger partial charge on any atom is -0.497 e. The maximum absolute atomic E-state index is 10.4. The van der Waals surface area contributed by atoms with Crippen LogP contribution in [0.3, 0.4) is 0 Å². The van der Waals surface area contributed by atoms with Crippen molar-refractivity contribution < 1.29 is 9.84 Å². The van der Waals surface area contributed by atoms with Crippen LogP contribution < -0.4 is 4.74 Å². The molecule has 0 spiro atoms. The average Bonchev–Trinajstić information content (AvgIpc) is 2.91. The summed E-state index contributed by atoms with van der Waals surface area (Å²) >= 11 is 0. The SMILES string of the molecule is COc1ccc2cc(C(O)Cc3ccn(C)n3)ccc2c1. The lowest BCUT2D eigenvalue weighted by molar-refractivity contribution is 0.177. The molecule has 108 valence electrons. The molecule has 2 aromatic carbocycles. The quantitative estimate of drug-likeness (QED) is 0.800. The van der Waals surface area contributed by atoms with Crippen molar-refractivity contribution in [3.05, 3.63) is 59.9 Å². The molecule has 3 rings (SSSR count). The highest BCUT2D eigenvalue weighted by molar-refractivity contribution is 5.84. The monoisotopic (exact) mass is 282 g/mol. The Kier molecular flexibility index (Phi) is 3.62. The zero-order valence-corrected chi connectivity index (χ0v) is 12.2. The first-order valence-electron chi connectivity index (χ1n) is 6.90. The molecular weight excluding hydrogens is 264 g/mol. The third-order valence-electron chi connectivity index (χ3n) is 3.63. The van der Waals surface area contributed by atoms with E-state index >= 15 is 0 Å². The van der Waals surface area contributed by atoms with Crippen molar-refractivity contribution in [1.29, 1.82) is 0 Å². The Balaban J connectivity index is 1.86. The first-order valence-corrected chi connectivity index (χ1v) is 6.90. The summed E-state index contributed by atoms with van der Waals surface area (Å²) in [6.45, 7) is 0. The maximum atomic E-state index is 10.4. The molecule has 3 aromatic rings. The maximum Gasteiger partial charge on any atom is 0.119 e. The summed E-state index contributed by atoms with van der Waals surface area (Å²) in [6.07, 6.45) is 1.85. The lowest BCUT2D eigenvalue weighted by Gasteiger charge is -2.11. The van der Waals surface area contributed by atoms with Crippen molar-refractivity contribution in [2.45, 2.75) is 12.5 Å². The number of fused-ring (bicyclic) bond motifs is 1. The van der Waals surface area contributed by atoms with Gasteiger partial charge in [-0.3, -0.25) is 4.68 Å². The van der Waals surface area contributed by atoms with E-state index in [1.54, 1.807) is 11.8 Å². The summed E-state index contributed by atoms with van der Waals surface area (Å²) in [5.41, 5.74) is 1.79. The van der Waals surface area contributed by atoms with E-state index in [0.717, 1.165) is 27.8 Å². The second-order valence-corrected chi connectivity index (χ2v) is 5.17. The largest absolute Gasteiger partial charge is 0.497 e. The van der Waals surface area contributed by atoms with Crippen LogP contribution in [-0.4, -0.2) is 22.0 Å². The van der Waals surface area contributed by atoms with Crippen molar-refractivity contribution >= 4 is 10.8 Å². The Hall–Kier alpha value is -2.33. The van der Waals surface area contributed by atoms with Crippen molar-refractivity contribution in [3.63, 3.8) is 0 Å². The minimum atomic E-state index is -0.550. The van der Waals surface area contributed by atoms with Gasteiger partial charge in [0.05, 0.1) is 18.9 Å². The van der Waals surface area contributed by atoms with Gasteiger partial charge in [-0.15, -0.1) is 0 Å². The first kappa shape index (κ1) is 13.6. The van der Waals surface area contributed by atoms with E-state index in [4.69, 9.17) is 4.74 Å². The molecule has 21 heavy (non-hydrogen) atoms. The number of nitrogens with zero attached hydrogens (tertiary/aromatic N) is 2. The molecule has 0 saturated carbocycles. The van der Waals surface area contributed by atoms with Crippen LogP contribution in [0.25, 0.3) is 10.8 Å². The molecule has 4 nitrogen and oxygen atoms in total. The van der Waals surface area contributed by atoms with Crippen LogP contribution in [0.4, 0.5) is 0 Å². The predicted molar refractivity (Wildman–Crippen MR) is 82.4 cm³/mol. The van der Waals surface area contributed by atoms with Crippen LogP contribution in [0, 0.1) is 0 Å². The Morgan fingerprint density at radius 2 is 1.90 bits per heavy atom. The minimum absolute atomic E-state index is 0.516. The van der Waals surface area contributed by atoms with Gasteiger partial charge in [-0.1, -0.05) is 18.2 Å². The lowest BCUT2D eigenvalue weighted by Crippen LogP contribution is -2.03. The number of hydrogen-bond donors (Lipinski definition) is 1. The summed E-state index contributed by atoms with van der Waals surface area (Å²) in [4.78, 5) is 0. The fraction of sp³-hybridized carbons (Fsp3) is 0.235. The lowest BCUT2D eigenvalue weighted by atomic mass is 10.0. The normalized spacial score (nSPS) is 12.5. The summed E-state index contributed by atoms with van der Waals surface area (Å²) < 4.78 is 6.97. The van der Waals surface area contributed by atoms with Crippen molar-refractivity contribution in [1.82, 2.24) is 9.78 Å². The van der Waals surface area contributed by atoms with E-state index in [1.807, 2.05) is 55.7 Å². The molecular formula is C17H18N2O2. The second-order valence-electron chi connectivity index (χ2n) is 5.17. The van der Waals surface area contributed by atoms with Gasteiger partial charge in [-0.05, 0) is 40.6 Å². The standard InChI is InChI=1S/C17H18N2O2/c1-19-8-7-15(18-19)11-17(20)14-4-3-13-10-16(21-2)6-5-12(13)9-14/h3-10,17,20H,11H2,1-2H3. The van der Waals surface area contributed by atoms with Gasteiger partial charge in [0.1, 0.15) is 5.75 Å². The van der Waals surface area contributed by atoms with Gasteiger partial charge in [-0.25, -0.2) is 0 Å². The molecule has 0 fully saturated rings. The summed E-state index contributed by atoms with van der Waals surface area (Å²) in [7, 11) is 3.53. The highest BCUT2D eigenvalue weighted by atomic mass is 16.5. The molecule has 1 heterocycles. The van der Waals surface area contributed by atoms with Gasteiger partial charge in [0.2, 0.25) is 0 Å². The Morgan fingerprint density at radius 3 is 2.62 bits per heavy atom. The molecule has 0 aliphatic heterocycles. The Bertz CT molecular complexity index is 764. The number of methoxy groups -OCH3 is 1. The van der Waals surface area contributed by atoms with Crippen LogP contribution in [0.2, 0.25) is 0 Å². The van der Waals surface area contributed by atoms with Crippen molar-refractivity contribution in [3.8, 4) is 5.75 Å². The predicted octanol–water partition coefficient (Wildman–Crippen LogP) is 2.86. The number of aromatic nitrogens is 2. The zero-order chi connectivity index (χ0) is 14.8. The van der Waals surface area contributed by atoms with E-state index in [2.05, 4.69) is 5.10 Å². The van der Waals surface area contributed by atoms with E-state index in [1.165, 1.54) is 0 Å². The van der Waals surface area contributed by atoms with Gasteiger partial charge in [-0.2, -0.15) is 5.10 Å². The molecule has 1 atom stereocenters. The van der Waals surface area contributed by atoms with E-state index in [0.29, 0.717) is 6.42 Å². The average molecular weight is 282 g/mol. The fourth-order valence-corrected chi connectivity index (χ4v) is 2.46. The first-order chi connectivity index (χ1) is 10.2. The van der Waals surface area contributed by atoms with Crippen LogP contribution >= 0.6 is 0 Å². The van der Waals surface area contributed by atoms with Crippen molar-refractivity contribution in [2.24, 2.45) is 7.05 Å². The van der Waals surface area contributed by atoms with Crippen LogP contribution in [-0.2, 0) is 13.5 Å². The third kappa shape index (κ3) is 2.90. The van der Waals surface area contributed by atoms with E-state index < -0.39 is 6.10 Å². The molecule has 0 saturated heterocycles. The fourth-order valence-electron chi connectivity index (χ4n) is 2.46. The van der Waals surface area contributed by atoms with Crippen LogP contribution in [0.1, 0.15) is 17.4 Å². The van der Waals surface area contributed by atoms with Gasteiger partial charge in [0.15, 0.2) is 0 Å². The van der Waals surface area contributed by atoms with Gasteiger partial charge in [0, 0.05) is 19.7 Å². The van der Waals surface area contributed by atoms with E-state index in [9.17, 15) is 5.11 Å². The van der Waals surface area contributed by atoms with Gasteiger partial charge >= 0.3 is 0 Å². The highest BCUT2D eigenvalue weighted by Gasteiger charge is 2.11. The molecule has 0 aliphatic rings. The molecule has 0 bridgehead atoms. The molecule has 4 heteroatoms. The van der Waals surface area contributed by atoms with E-state index in [-0.39, 0.29) is 0 Å². The summed E-state index contributed by atoms with van der Waals surface area (Å²) in [6, 6.07) is 13.8. The number of rotatable bonds is 4. The van der Waals surface area contributed by atoms with Gasteiger partial charge in [0.25, 0.3) is 0 Å². The number of ether oxygens (including phenoxy) is 1. The topological polar surface area (TPSA) is 47.3 Å². The Morgan fingerprint density at radius 1 is 1.14 bits per heavy atom. The number of aliphatic hydroxyl groups is 1. The van der Waals surface area contributed by atoms with Crippen LogP contribution in [0.15, 0.2) is 48.7 Å². The molecule has 0 amide bonds. The van der Waals surface area contributed by atoms with Gasteiger partial charge < -0.3 is 9.84 Å². The molecule has 1 aromatic heterocycles. The van der Waals surface area contributed by atoms with Crippen molar-refractivity contribution in [2.75, 3.05) is 7.11 Å². The number of hydrogen-bond acceptors (Lipinski definition) is 3. The zero-order valence-electron chi connectivity index (χ0n) is 12.2. The summed E-state index contributed by atoms with van der Waals surface area (Å²) in [5, 5.41) is 16.9. The molecule has 0 aliphatic carbocycles. The number of benzene rings is 2. The molecule has 1 unspecified atom stereocenters. The Labute approximate surface area is 123 Å².